The summed E-state index contributed by atoms with van der Waals surface area (Å²) in [7, 11) is 3.82. The van der Waals surface area contributed by atoms with Gasteiger partial charge in [-0.15, -0.1) is 0 Å². The number of carbonyl (C=O) groups excluding carboxylic acids is 2. The SMILES string of the molecule is C[C@@H](C(=O)N1CC[C@@H](Oc2ccc(NC(=O)N3CC(c4cccnc4)C3)cc2)C1)N(C)C. The summed E-state index contributed by atoms with van der Waals surface area (Å²) in [4.78, 5) is 34.7. The monoisotopic (exact) mass is 437 g/mol. The molecule has 8 heteroatoms. The topological polar surface area (TPSA) is 78.0 Å². The molecule has 1 aromatic heterocycles. The van der Waals surface area contributed by atoms with Crippen LogP contribution in [0, 0.1) is 0 Å². The maximum absolute atomic E-state index is 12.5. The number of ether oxygens (including phenoxy) is 1. The van der Waals surface area contributed by atoms with Gasteiger partial charge in [0, 0.05) is 50.1 Å². The molecule has 2 fully saturated rings. The van der Waals surface area contributed by atoms with Crippen molar-refractivity contribution in [3.63, 3.8) is 0 Å². The largest absolute Gasteiger partial charge is 0.489 e. The fourth-order valence-electron chi connectivity index (χ4n) is 3.99. The number of likely N-dealkylation sites (N-methyl/N-ethyl adjacent to an activating group) is 1. The van der Waals surface area contributed by atoms with Gasteiger partial charge in [0.15, 0.2) is 0 Å². The van der Waals surface area contributed by atoms with E-state index in [4.69, 9.17) is 4.74 Å². The number of anilines is 1. The number of rotatable bonds is 6. The van der Waals surface area contributed by atoms with Crippen LogP contribution < -0.4 is 10.1 Å². The number of nitrogens with one attached hydrogen (secondary N) is 1. The van der Waals surface area contributed by atoms with Gasteiger partial charge in [0.2, 0.25) is 5.91 Å². The zero-order chi connectivity index (χ0) is 22.7. The van der Waals surface area contributed by atoms with E-state index in [0.29, 0.717) is 32.1 Å². The van der Waals surface area contributed by atoms with Crippen molar-refractivity contribution in [3.05, 3.63) is 54.4 Å². The maximum Gasteiger partial charge on any atom is 0.321 e. The first-order valence-electron chi connectivity index (χ1n) is 11.1. The zero-order valence-electron chi connectivity index (χ0n) is 18.9. The summed E-state index contributed by atoms with van der Waals surface area (Å²) in [6.07, 6.45) is 4.42. The summed E-state index contributed by atoms with van der Waals surface area (Å²) in [6.45, 7) is 4.63. The molecule has 2 aliphatic heterocycles. The van der Waals surface area contributed by atoms with E-state index in [1.807, 2.05) is 73.4 Å². The van der Waals surface area contributed by atoms with Crippen LogP contribution in [0.25, 0.3) is 0 Å². The Morgan fingerprint density at radius 2 is 1.88 bits per heavy atom. The minimum absolute atomic E-state index is 0.0146. The van der Waals surface area contributed by atoms with Gasteiger partial charge < -0.3 is 19.9 Å². The van der Waals surface area contributed by atoms with Gasteiger partial charge in [-0.1, -0.05) is 6.07 Å². The van der Waals surface area contributed by atoms with E-state index >= 15 is 0 Å². The highest BCUT2D eigenvalue weighted by atomic mass is 16.5. The number of aromatic nitrogens is 1. The number of likely N-dealkylation sites (tertiary alicyclic amines) is 2. The van der Waals surface area contributed by atoms with Gasteiger partial charge >= 0.3 is 6.03 Å². The van der Waals surface area contributed by atoms with Crippen LogP contribution in [0.1, 0.15) is 24.8 Å². The first-order chi connectivity index (χ1) is 15.4. The quantitative estimate of drug-likeness (QED) is 0.752. The van der Waals surface area contributed by atoms with E-state index in [0.717, 1.165) is 17.9 Å². The molecule has 1 N–H and O–H groups in total. The van der Waals surface area contributed by atoms with Crippen LogP contribution in [0.15, 0.2) is 48.8 Å². The lowest BCUT2D eigenvalue weighted by Crippen LogP contribution is -2.50. The first-order valence-corrected chi connectivity index (χ1v) is 11.1. The Bertz CT molecular complexity index is 928. The molecule has 3 heterocycles. The van der Waals surface area contributed by atoms with Gasteiger partial charge in [-0.05, 0) is 56.9 Å². The fraction of sp³-hybridized carbons (Fsp3) is 0.458. The Morgan fingerprint density at radius 3 is 2.53 bits per heavy atom. The molecule has 1 aromatic carbocycles. The highest BCUT2D eigenvalue weighted by Gasteiger charge is 2.32. The van der Waals surface area contributed by atoms with Gasteiger partial charge in [-0.2, -0.15) is 0 Å². The molecule has 170 valence electrons. The van der Waals surface area contributed by atoms with Crippen LogP contribution in [-0.2, 0) is 4.79 Å². The molecule has 0 aliphatic carbocycles. The number of nitrogens with zero attached hydrogens (tertiary/aromatic N) is 4. The van der Waals surface area contributed by atoms with Crippen molar-refractivity contribution < 1.29 is 14.3 Å². The normalized spacial score (nSPS) is 19.6. The van der Waals surface area contributed by atoms with Crippen LogP contribution in [0.4, 0.5) is 10.5 Å². The molecule has 2 saturated heterocycles. The molecule has 32 heavy (non-hydrogen) atoms. The van der Waals surface area contributed by atoms with Gasteiger partial charge in [0.25, 0.3) is 0 Å². The van der Waals surface area contributed by atoms with Crippen LogP contribution in [0.5, 0.6) is 5.75 Å². The van der Waals surface area contributed by atoms with E-state index in [1.165, 1.54) is 5.56 Å². The molecule has 2 aromatic rings. The second-order valence-electron chi connectivity index (χ2n) is 8.80. The van der Waals surface area contributed by atoms with Gasteiger partial charge in [-0.3, -0.25) is 14.7 Å². The van der Waals surface area contributed by atoms with Gasteiger partial charge in [0.05, 0.1) is 12.6 Å². The van der Waals surface area contributed by atoms with Crippen molar-refractivity contribution in [1.82, 2.24) is 19.7 Å². The Balaban J connectivity index is 1.23. The number of pyridine rings is 1. The lowest BCUT2D eigenvalue weighted by atomic mass is 9.93. The summed E-state index contributed by atoms with van der Waals surface area (Å²) in [5.74, 6) is 1.23. The number of hydrogen-bond acceptors (Lipinski definition) is 5. The molecule has 3 amide bonds. The highest BCUT2D eigenvalue weighted by Crippen LogP contribution is 2.27. The van der Waals surface area contributed by atoms with Gasteiger partial charge in [-0.25, -0.2) is 4.79 Å². The Kier molecular flexibility index (Phi) is 6.60. The summed E-state index contributed by atoms with van der Waals surface area (Å²) < 4.78 is 6.06. The van der Waals surface area contributed by atoms with E-state index in [1.54, 1.807) is 11.1 Å². The maximum atomic E-state index is 12.5. The van der Waals surface area contributed by atoms with Crippen molar-refractivity contribution in [2.24, 2.45) is 0 Å². The molecule has 4 rings (SSSR count). The number of carbonyl (C=O) groups is 2. The molecule has 0 spiro atoms. The minimum Gasteiger partial charge on any atom is -0.489 e. The average molecular weight is 438 g/mol. The number of urea groups is 1. The zero-order valence-corrected chi connectivity index (χ0v) is 18.9. The molecular formula is C24H31N5O3. The van der Waals surface area contributed by atoms with Crippen molar-refractivity contribution >= 4 is 17.6 Å². The third kappa shape index (κ3) is 5.02. The van der Waals surface area contributed by atoms with Crippen molar-refractivity contribution in [2.75, 3.05) is 45.6 Å². The smallest absolute Gasteiger partial charge is 0.321 e. The molecule has 2 aliphatic rings. The number of hydrogen-bond donors (Lipinski definition) is 1. The molecule has 2 atom stereocenters. The summed E-state index contributed by atoms with van der Waals surface area (Å²) in [6, 6.07) is 11.1. The number of benzene rings is 1. The Morgan fingerprint density at radius 1 is 1.12 bits per heavy atom. The average Bonchev–Trinajstić information content (AvgIpc) is 3.22. The van der Waals surface area contributed by atoms with Crippen LogP contribution in [0.3, 0.4) is 0 Å². The lowest BCUT2D eigenvalue weighted by molar-refractivity contribution is -0.134. The Labute approximate surface area is 189 Å². The van der Waals surface area contributed by atoms with Crippen molar-refractivity contribution in [3.8, 4) is 5.75 Å². The lowest BCUT2D eigenvalue weighted by Gasteiger charge is -2.39. The third-order valence-corrected chi connectivity index (χ3v) is 6.32. The predicted octanol–water partition coefficient (Wildman–Crippen LogP) is 2.64. The van der Waals surface area contributed by atoms with E-state index < -0.39 is 0 Å². The Hall–Kier alpha value is -3.13. The molecular weight excluding hydrogens is 406 g/mol. The van der Waals surface area contributed by atoms with E-state index in [2.05, 4.69) is 10.3 Å². The van der Waals surface area contributed by atoms with Crippen molar-refractivity contribution in [1.29, 1.82) is 0 Å². The van der Waals surface area contributed by atoms with Crippen molar-refractivity contribution in [2.45, 2.75) is 31.4 Å². The van der Waals surface area contributed by atoms with Crippen LogP contribution in [0.2, 0.25) is 0 Å². The molecule has 8 nitrogen and oxygen atoms in total. The first kappa shape index (κ1) is 22.1. The van der Waals surface area contributed by atoms with Crippen LogP contribution in [-0.4, -0.2) is 84.0 Å². The minimum atomic E-state index is -0.136. The number of amides is 3. The standard InChI is InChI=1S/C24H31N5O3/c1-17(27(2)3)23(30)28-12-10-22(16-28)32-21-8-6-20(7-9-21)26-24(31)29-14-19(15-29)18-5-4-11-25-13-18/h4-9,11,13,17,19,22H,10,12,14-16H2,1-3H3,(H,26,31)/t17-,22+/m0/s1. The molecule has 0 unspecified atom stereocenters. The second kappa shape index (κ2) is 9.56. The predicted molar refractivity (Wildman–Crippen MR) is 123 cm³/mol. The summed E-state index contributed by atoms with van der Waals surface area (Å²) in [5, 5.41) is 2.94. The summed E-state index contributed by atoms with van der Waals surface area (Å²) >= 11 is 0. The highest BCUT2D eigenvalue weighted by molar-refractivity contribution is 5.90. The van der Waals surface area contributed by atoms with E-state index in [9.17, 15) is 9.59 Å². The van der Waals surface area contributed by atoms with Gasteiger partial charge in [0.1, 0.15) is 11.9 Å². The molecule has 0 radical (unpaired) electrons. The third-order valence-electron chi connectivity index (χ3n) is 6.32. The molecule has 0 saturated carbocycles. The second-order valence-corrected chi connectivity index (χ2v) is 8.80. The van der Waals surface area contributed by atoms with E-state index in [-0.39, 0.29) is 24.1 Å². The van der Waals surface area contributed by atoms with Crippen LogP contribution >= 0.6 is 0 Å². The molecule has 0 bridgehead atoms. The fourth-order valence-corrected chi connectivity index (χ4v) is 3.99. The summed E-state index contributed by atoms with van der Waals surface area (Å²) in [5.41, 5.74) is 1.90.